The van der Waals surface area contributed by atoms with Crippen LogP contribution in [0.2, 0.25) is 0 Å². The summed E-state index contributed by atoms with van der Waals surface area (Å²) >= 11 is 0. The monoisotopic (exact) mass is 366 g/mol. The molecule has 1 aliphatic heterocycles. The predicted molar refractivity (Wildman–Crippen MR) is 104 cm³/mol. The Kier molecular flexibility index (Phi) is 4.41. The minimum absolute atomic E-state index is 0.302. The lowest BCUT2D eigenvalue weighted by atomic mass is 10.0. The maximum absolute atomic E-state index is 13.4. The van der Waals surface area contributed by atoms with E-state index in [0.29, 0.717) is 15.8 Å². The Hall–Kier alpha value is -2.40. The Morgan fingerprint density at radius 1 is 1.00 bits per heavy atom. The first-order valence-corrected chi connectivity index (χ1v) is 10.5. The van der Waals surface area contributed by atoms with E-state index in [9.17, 15) is 8.42 Å². The summed E-state index contributed by atoms with van der Waals surface area (Å²) in [5.74, 6) is 0. The average molecular weight is 366 g/mol. The summed E-state index contributed by atoms with van der Waals surface area (Å²) in [7, 11) is -3.64. The van der Waals surface area contributed by atoms with E-state index in [-0.39, 0.29) is 0 Å². The van der Waals surface area contributed by atoms with E-state index in [2.05, 4.69) is 16.8 Å². The van der Waals surface area contributed by atoms with Gasteiger partial charge in [-0.05, 0) is 44.4 Å². The Balaban J connectivity index is 1.99. The molecule has 0 N–H and O–H groups in total. The van der Waals surface area contributed by atoms with E-state index in [1.165, 1.54) is 12.6 Å². The number of para-hydroxylation sites is 1. The zero-order valence-electron chi connectivity index (χ0n) is 14.8. The molecule has 0 amide bonds. The Labute approximate surface area is 154 Å². The summed E-state index contributed by atoms with van der Waals surface area (Å²) in [6.07, 6.45) is 4.86. The number of hydrogen-bond donors (Lipinski definition) is 0. The quantitative estimate of drug-likeness (QED) is 0.687. The van der Waals surface area contributed by atoms with Crippen LogP contribution in [0.3, 0.4) is 0 Å². The third-order valence-electron chi connectivity index (χ3n) is 5.15. The third-order valence-corrected chi connectivity index (χ3v) is 6.92. The molecular weight excluding hydrogens is 344 g/mol. The second-order valence-electron chi connectivity index (χ2n) is 6.84. The topological polar surface area (TPSA) is 50.3 Å². The number of benzene rings is 2. The maximum Gasteiger partial charge on any atom is 0.210 e. The lowest BCUT2D eigenvalue weighted by molar-refractivity contribution is 0.483. The van der Waals surface area contributed by atoms with Crippen molar-refractivity contribution in [3.05, 3.63) is 60.8 Å². The first kappa shape index (κ1) is 17.0. The van der Waals surface area contributed by atoms with Gasteiger partial charge in [-0.3, -0.25) is 4.98 Å². The molecule has 1 saturated heterocycles. The highest BCUT2D eigenvalue weighted by Gasteiger charge is 2.29. The van der Waals surface area contributed by atoms with Crippen LogP contribution in [0.1, 0.15) is 26.2 Å². The molecule has 1 aromatic heterocycles. The highest BCUT2D eigenvalue weighted by molar-refractivity contribution is 7.91. The first-order valence-electron chi connectivity index (χ1n) is 9.03. The lowest BCUT2D eigenvalue weighted by Crippen LogP contribution is -2.38. The fraction of sp³-hybridized carbons (Fsp3) is 0.286. The lowest BCUT2D eigenvalue weighted by Gasteiger charge is -2.37. The molecular formula is C21H22N2O2S. The number of nitrogens with zero attached hydrogens (tertiary/aromatic N) is 2. The van der Waals surface area contributed by atoms with E-state index in [4.69, 9.17) is 0 Å². The van der Waals surface area contributed by atoms with E-state index in [0.717, 1.165) is 36.0 Å². The molecule has 134 valence electrons. The summed E-state index contributed by atoms with van der Waals surface area (Å²) in [5.41, 5.74) is 1.62. The van der Waals surface area contributed by atoms with E-state index < -0.39 is 9.84 Å². The van der Waals surface area contributed by atoms with E-state index in [1.807, 2.05) is 30.3 Å². The van der Waals surface area contributed by atoms with Gasteiger partial charge in [0.25, 0.3) is 0 Å². The minimum Gasteiger partial charge on any atom is -0.367 e. The Morgan fingerprint density at radius 3 is 2.50 bits per heavy atom. The van der Waals surface area contributed by atoms with Crippen LogP contribution in [0.25, 0.3) is 10.9 Å². The number of sulfone groups is 1. The normalized spacial score (nSPS) is 18.2. The van der Waals surface area contributed by atoms with E-state index in [1.54, 1.807) is 24.3 Å². The molecule has 3 aromatic rings. The SMILES string of the molecule is C[C@@H]1CCCCN1c1c(S(=O)(=O)c2ccccc2)cnc2ccccc12. The number of rotatable bonds is 3. The molecule has 1 atom stereocenters. The average Bonchev–Trinajstić information content (AvgIpc) is 2.68. The minimum atomic E-state index is -3.64. The molecule has 4 rings (SSSR count). The van der Waals surface area contributed by atoms with Crippen LogP contribution in [0.5, 0.6) is 0 Å². The van der Waals surface area contributed by atoms with Crippen LogP contribution in [-0.4, -0.2) is 26.0 Å². The highest BCUT2D eigenvalue weighted by Crippen LogP contribution is 2.38. The van der Waals surface area contributed by atoms with Gasteiger partial charge in [-0.2, -0.15) is 0 Å². The first-order chi connectivity index (χ1) is 12.6. The summed E-state index contributed by atoms with van der Waals surface area (Å²) in [6.45, 7) is 3.04. The van der Waals surface area contributed by atoms with Crippen molar-refractivity contribution in [2.45, 2.75) is 42.0 Å². The van der Waals surface area contributed by atoms with Gasteiger partial charge in [-0.25, -0.2) is 8.42 Å². The summed E-state index contributed by atoms with van der Waals surface area (Å²) < 4.78 is 26.8. The highest BCUT2D eigenvalue weighted by atomic mass is 32.2. The van der Waals surface area contributed by atoms with Crippen molar-refractivity contribution >= 4 is 26.4 Å². The van der Waals surface area contributed by atoms with Gasteiger partial charge in [0.1, 0.15) is 4.90 Å². The summed E-state index contributed by atoms with van der Waals surface area (Å²) in [4.78, 5) is 7.31. The second-order valence-corrected chi connectivity index (χ2v) is 8.76. The Bertz CT molecular complexity index is 1030. The van der Waals surface area contributed by atoms with Crippen molar-refractivity contribution in [3.8, 4) is 0 Å². The van der Waals surface area contributed by atoms with Crippen LogP contribution < -0.4 is 4.90 Å². The number of aromatic nitrogens is 1. The Morgan fingerprint density at radius 2 is 1.73 bits per heavy atom. The van der Waals surface area contributed by atoms with Gasteiger partial charge >= 0.3 is 0 Å². The van der Waals surface area contributed by atoms with Crippen LogP contribution in [0, 0.1) is 0 Å². The van der Waals surface area contributed by atoms with Crippen LogP contribution in [0.4, 0.5) is 5.69 Å². The molecule has 26 heavy (non-hydrogen) atoms. The molecule has 0 spiro atoms. The molecule has 2 heterocycles. The molecule has 1 fully saturated rings. The van der Waals surface area contributed by atoms with Crippen molar-refractivity contribution in [1.29, 1.82) is 0 Å². The van der Waals surface area contributed by atoms with Crippen molar-refractivity contribution in [3.63, 3.8) is 0 Å². The molecule has 0 radical (unpaired) electrons. The zero-order valence-corrected chi connectivity index (χ0v) is 15.6. The molecule has 5 heteroatoms. The van der Waals surface area contributed by atoms with E-state index >= 15 is 0 Å². The summed E-state index contributed by atoms with van der Waals surface area (Å²) in [5, 5.41) is 0.901. The molecule has 4 nitrogen and oxygen atoms in total. The second kappa shape index (κ2) is 6.72. The van der Waals surface area contributed by atoms with Crippen molar-refractivity contribution in [2.24, 2.45) is 0 Å². The zero-order chi connectivity index (χ0) is 18.1. The van der Waals surface area contributed by atoms with Gasteiger partial charge < -0.3 is 4.90 Å². The number of fused-ring (bicyclic) bond motifs is 1. The largest absolute Gasteiger partial charge is 0.367 e. The van der Waals surface area contributed by atoms with Gasteiger partial charge in [0, 0.05) is 24.2 Å². The third kappa shape index (κ3) is 2.86. The molecule has 0 unspecified atom stereocenters. The standard InChI is InChI=1S/C21H22N2O2S/c1-16-9-7-8-14-23(16)21-18-12-5-6-13-19(18)22-15-20(21)26(24,25)17-10-3-2-4-11-17/h2-6,10-13,15-16H,7-9,14H2,1H3/t16-/m1/s1. The van der Waals surface area contributed by atoms with Crippen LogP contribution in [-0.2, 0) is 9.84 Å². The van der Waals surface area contributed by atoms with Gasteiger partial charge in [0.05, 0.1) is 16.1 Å². The molecule has 2 aromatic carbocycles. The fourth-order valence-corrected chi connectivity index (χ4v) is 5.20. The van der Waals surface area contributed by atoms with Gasteiger partial charge in [-0.1, -0.05) is 36.4 Å². The van der Waals surface area contributed by atoms with Crippen LogP contribution in [0.15, 0.2) is 70.6 Å². The molecule has 0 bridgehead atoms. The van der Waals surface area contributed by atoms with Crippen molar-refractivity contribution in [1.82, 2.24) is 4.98 Å². The van der Waals surface area contributed by atoms with Gasteiger partial charge in [0.2, 0.25) is 9.84 Å². The molecule has 1 aliphatic rings. The predicted octanol–water partition coefficient (Wildman–Crippen LogP) is 4.45. The summed E-state index contributed by atoms with van der Waals surface area (Å²) in [6, 6.07) is 16.7. The number of anilines is 1. The number of hydrogen-bond acceptors (Lipinski definition) is 4. The number of piperidine rings is 1. The van der Waals surface area contributed by atoms with Gasteiger partial charge in [0.15, 0.2) is 0 Å². The van der Waals surface area contributed by atoms with Gasteiger partial charge in [-0.15, -0.1) is 0 Å². The van der Waals surface area contributed by atoms with Crippen LogP contribution >= 0.6 is 0 Å². The van der Waals surface area contributed by atoms with Crippen molar-refractivity contribution in [2.75, 3.05) is 11.4 Å². The smallest absolute Gasteiger partial charge is 0.210 e. The molecule has 0 aliphatic carbocycles. The molecule has 0 saturated carbocycles. The number of pyridine rings is 1. The van der Waals surface area contributed by atoms with Crippen molar-refractivity contribution < 1.29 is 8.42 Å². The fourth-order valence-electron chi connectivity index (χ4n) is 3.76. The maximum atomic E-state index is 13.4.